The van der Waals surface area contributed by atoms with Crippen molar-refractivity contribution >= 4 is 5.69 Å². The first kappa shape index (κ1) is 18.0. The smallest absolute Gasteiger partial charge is 0.193 e. The number of hydrogen-bond acceptors (Lipinski definition) is 0. The molecule has 0 fully saturated rings. The first-order valence-electron chi connectivity index (χ1n) is 9.12. The van der Waals surface area contributed by atoms with Crippen LogP contribution in [-0.4, -0.2) is 0 Å². The van der Waals surface area contributed by atoms with E-state index in [4.69, 9.17) is 6.57 Å². The maximum absolute atomic E-state index is 7.30. The SMILES string of the molecule is [C-]#[N+]c1c(C)cc(-c2ccc(CC(C)c3cccc(C)c3)cc2)cc1C. The molecule has 3 aromatic carbocycles. The molecule has 0 radical (unpaired) electrons. The van der Waals surface area contributed by atoms with Crippen LogP contribution in [0.25, 0.3) is 16.0 Å². The topological polar surface area (TPSA) is 4.36 Å². The lowest BCUT2D eigenvalue weighted by Gasteiger charge is -2.14. The van der Waals surface area contributed by atoms with E-state index in [0.717, 1.165) is 23.2 Å². The van der Waals surface area contributed by atoms with Crippen LogP contribution in [0.2, 0.25) is 0 Å². The van der Waals surface area contributed by atoms with Gasteiger partial charge in [-0.05, 0) is 66.5 Å². The van der Waals surface area contributed by atoms with Crippen LogP contribution in [0.4, 0.5) is 5.69 Å². The van der Waals surface area contributed by atoms with Crippen LogP contribution in [-0.2, 0) is 6.42 Å². The van der Waals surface area contributed by atoms with Gasteiger partial charge < -0.3 is 0 Å². The van der Waals surface area contributed by atoms with Crippen molar-refractivity contribution in [1.29, 1.82) is 0 Å². The number of nitrogens with zero attached hydrogens (tertiary/aromatic N) is 1. The largest absolute Gasteiger partial charge is 0.238 e. The van der Waals surface area contributed by atoms with E-state index in [1.807, 2.05) is 13.8 Å². The second kappa shape index (κ2) is 7.58. The third-order valence-corrected chi connectivity index (χ3v) is 5.04. The molecule has 0 bridgehead atoms. The summed E-state index contributed by atoms with van der Waals surface area (Å²) >= 11 is 0. The number of rotatable bonds is 4. The van der Waals surface area contributed by atoms with Gasteiger partial charge in [0, 0.05) is 0 Å². The molecule has 0 aliphatic rings. The molecular weight excluding hydrogens is 314 g/mol. The van der Waals surface area contributed by atoms with Gasteiger partial charge in [-0.2, -0.15) is 0 Å². The molecule has 3 rings (SSSR count). The molecule has 26 heavy (non-hydrogen) atoms. The summed E-state index contributed by atoms with van der Waals surface area (Å²) in [6.07, 6.45) is 1.04. The summed E-state index contributed by atoms with van der Waals surface area (Å²) in [4.78, 5) is 3.64. The van der Waals surface area contributed by atoms with Crippen LogP contribution in [0.3, 0.4) is 0 Å². The van der Waals surface area contributed by atoms with E-state index in [1.54, 1.807) is 0 Å². The van der Waals surface area contributed by atoms with Crippen molar-refractivity contribution in [1.82, 2.24) is 0 Å². The van der Waals surface area contributed by atoms with Crippen molar-refractivity contribution in [3.05, 3.63) is 99.9 Å². The van der Waals surface area contributed by atoms with E-state index in [1.165, 1.54) is 27.8 Å². The van der Waals surface area contributed by atoms with Gasteiger partial charge in [0.25, 0.3) is 0 Å². The zero-order valence-electron chi connectivity index (χ0n) is 16.0. The van der Waals surface area contributed by atoms with Crippen LogP contribution < -0.4 is 0 Å². The zero-order chi connectivity index (χ0) is 18.7. The van der Waals surface area contributed by atoms with Crippen molar-refractivity contribution < 1.29 is 0 Å². The van der Waals surface area contributed by atoms with Gasteiger partial charge in [0.15, 0.2) is 5.69 Å². The molecule has 130 valence electrons. The van der Waals surface area contributed by atoms with Gasteiger partial charge in [0.2, 0.25) is 0 Å². The van der Waals surface area contributed by atoms with Gasteiger partial charge >= 0.3 is 0 Å². The molecule has 1 nitrogen and oxygen atoms in total. The molecule has 0 saturated carbocycles. The van der Waals surface area contributed by atoms with Crippen LogP contribution in [0, 0.1) is 27.3 Å². The lowest BCUT2D eigenvalue weighted by Crippen LogP contribution is -1.98. The Morgan fingerprint density at radius 2 is 1.50 bits per heavy atom. The van der Waals surface area contributed by atoms with Crippen molar-refractivity contribution in [3.8, 4) is 11.1 Å². The van der Waals surface area contributed by atoms with E-state index in [-0.39, 0.29) is 0 Å². The fourth-order valence-corrected chi connectivity index (χ4v) is 3.58. The van der Waals surface area contributed by atoms with E-state index < -0.39 is 0 Å². The molecule has 1 unspecified atom stereocenters. The molecular formula is C25H25N. The first-order chi connectivity index (χ1) is 12.5. The van der Waals surface area contributed by atoms with Gasteiger partial charge in [-0.25, -0.2) is 4.85 Å². The summed E-state index contributed by atoms with van der Waals surface area (Å²) in [6, 6.07) is 21.9. The summed E-state index contributed by atoms with van der Waals surface area (Å²) in [5.41, 5.74) is 9.34. The normalized spacial score (nSPS) is 11.8. The molecule has 0 N–H and O–H groups in total. The van der Waals surface area contributed by atoms with Crippen LogP contribution >= 0.6 is 0 Å². The summed E-state index contributed by atoms with van der Waals surface area (Å²) in [6.45, 7) is 15.8. The fraction of sp³-hybridized carbons (Fsp3) is 0.240. The molecule has 0 aromatic heterocycles. The third-order valence-electron chi connectivity index (χ3n) is 5.04. The highest BCUT2D eigenvalue weighted by atomic mass is 14.7. The number of benzene rings is 3. The van der Waals surface area contributed by atoms with Crippen LogP contribution in [0.15, 0.2) is 60.7 Å². The van der Waals surface area contributed by atoms with E-state index in [2.05, 4.69) is 79.4 Å². The minimum absolute atomic E-state index is 0.503. The third kappa shape index (κ3) is 3.86. The number of aryl methyl sites for hydroxylation is 3. The Hall–Kier alpha value is -2.85. The fourth-order valence-electron chi connectivity index (χ4n) is 3.58. The van der Waals surface area contributed by atoms with Crippen molar-refractivity contribution in [3.63, 3.8) is 0 Å². The number of hydrogen-bond donors (Lipinski definition) is 0. The standard InChI is InChI=1S/C25H25N/c1-17-7-6-8-23(13-17)18(2)14-21-9-11-22(12-10-21)24-15-19(3)25(26-5)20(4)16-24/h6-13,15-16,18H,14H2,1-4H3. The monoisotopic (exact) mass is 339 g/mol. The maximum atomic E-state index is 7.30. The molecule has 0 aliphatic carbocycles. The maximum Gasteiger partial charge on any atom is 0.193 e. The minimum atomic E-state index is 0.503. The van der Waals surface area contributed by atoms with Gasteiger partial charge in [-0.15, -0.1) is 0 Å². The Balaban J connectivity index is 1.80. The average molecular weight is 339 g/mol. The minimum Gasteiger partial charge on any atom is -0.238 e. The lowest BCUT2D eigenvalue weighted by molar-refractivity contribution is 0.758. The second-order valence-corrected chi connectivity index (χ2v) is 7.29. The molecule has 1 heteroatoms. The van der Waals surface area contributed by atoms with Crippen molar-refractivity contribution in [2.75, 3.05) is 0 Å². The Bertz CT molecular complexity index is 935. The Labute approximate surface area is 157 Å². The zero-order valence-corrected chi connectivity index (χ0v) is 16.0. The molecule has 3 aromatic rings. The van der Waals surface area contributed by atoms with E-state index >= 15 is 0 Å². The summed E-state index contributed by atoms with van der Waals surface area (Å²) in [5.74, 6) is 0.503. The average Bonchev–Trinajstić information content (AvgIpc) is 2.62. The highest BCUT2D eigenvalue weighted by Crippen LogP contribution is 2.31. The van der Waals surface area contributed by atoms with Crippen molar-refractivity contribution in [2.45, 2.75) is 40.0 Å². The quantitative estimate of drug-likeness (QED) is 0.444. The van der Waals surface area contributed by atoms with Gasteiger partial charge in [0.1, 0.15) is 0 Å². The van der Waals surface area contributed by atoms with Crippen molar-refractivity contribution in [2.24, 2.45) is 0 Å². The Kier molecular flexibility index (Phi) is 5.24. The summed E-state index contributed by atoms with van der Waals surface area (Å²) in [5, 5.41) is 0. The molecule has 0 spiro atoms. The summed E-state index contributed by atoms with van der Waals surface area (Å²) in [7, 11) is 0. The first-order valence-corrected chi connectivity index (χ1v) is 9.12. The Morgan fingerprint density at radius 1 is 0.846 bits per heavy atom. The molecule has 0 aliphatic heterocycles. The Morgan fingerprint density at radius 3 is 2.08 bits per heavy atom. The molecule has 0 saturated heterocycles. The molecule has 1 atom stereocenters. The van der Waals surface area contributed by atoms with E-state index in [0.29, 0.717) is 5.92 Å². The second-order valence-electron chi connectivity index (χ2n) is 7.29. The lowest BCUT2D eigenvalue weighted by atomic mass is 9.91. The van der Waals surface area contributed by atoms with Crippen LogP contribution in [0.1, 0.15) is 40.7 Å². The molecule has 0 amide bonds. The van der Waals surface area contributed by atoms with Crippen LogP contribution in [0.5, 0.6) is 0 Å². The van der Waals surface area contributed by atoms with Gasteiger partial charge in [0.05, 0.1) is 6.57 Å². The predicted octanol–water partition coefficient (Wildman–Crippen LogP) is 7.18. The summed E-state index contributed by atoms with van der Waals surface area (Å²) < 4.78 is 0. The van der Waals surface area contributed by atoms with Gasteiger partial charge in [-0.1, -0.05) is 73.2 Å². The van der Waals surface area contributed by atoms with Gasteiger partial charge in [-0.3, -0.25) is 0 Å². The predicted molar refractivity (Wildman–Crippen MR) is 111 cm³/mol. The molecule has 0 heterocycles. The highest BCUT2D eigenvalue weighted by Gasteiger charge is 2.09. The van der Waals surface area contributed by atoms with E-state index in [9.17, 15) is 0 Å². The highest BCUT2D eigenvalue weighted by molar-refractivity contribution is 5.71.